The minimum Gasteiger partial charge on any atom is -0.550 e. The second-order valence-electron chi connectivity index (χ2n) is 1.47. The Bertz CT molecular complexity index is 160. The molecule has 0 N–H and O–H groups in total. The highest BCUT2D eigenvalue weighted by atomic mass is 19.4. The molecule has 3 nitrogen and oxygen atoms in total. The normalized spacial score (nSPS) is 11.1. The van der Waals surface area contributed by atoms with Crippen LogP contribution >= 0.6 is 0 Å². The van der Waals surface area contributed by atoms with Crippen molar-refractivity contribution in [3.63, 3.8) is 0 Å². The molecule has 58 valence electrons. The molecule has 0 heterocycles. The summed E-state index contributed by atoms with van der Waals surface area (Å²) in [5.41, 5.74) is 0. The van der Waals surface area contributed by atoms with Crippen LogP contribution in [0.3, 0.4) is 0 Å². The third-order valence-corrected chi connectivity index (χ3v) is 0.621. The first kappa shape index (κ1) is 8.93. The molecule has 10 heavy (non-hydrogen) atoms. The molecular weight excluding hydrogens is 153 g/mol. The lowest BCUT2D eigenvalue weighted by atomic mass is 10.3. The summed E-state index contributed by atoms with van der Waals surface area (Å²) < 4.78 is 33.5. The van der Waals surface area contributed by atoms with Gasteiger partial charge >= 0.3 is 6.18 Å². The lowest BCUT2D eigenvalue weighted by Gasteiger charge is -2.03. The van der Waals surface area contributed by atoms with Gasteiger partial charge in [-0.25, -0.2) is 0 Å². The molecule has 0 aliphatic rings. The summed E-state index contributed by atoms with van der Waals surface area (Å²) >= 11 is 0. The topological polar surface area (TPSA) is 57.2 Å². The number of carboxylic acids is 1. The fourth-order valence-corrected chi connectivity index (χ4v) is 0.231. The zero-order chi connectivity index (χ0) is 8.36. The van der Waals surface area contributed by atoms with Crippen LogP contribution in [0.1, 0.15) is 6.42 Å². The average Bonchev–Trinajstić information content (AvgIpc) is 1.60. The monoisotopic (exact) mass is 155 g/mol. The van der Waals surface area contributed by atoms with Gasteiger partial charge in [0.15, 0.2) is 0 Å². The van der Waals surface area contributed by atoms with E-state index in [0.717, 1.165) is 0 Å². The van der Waals surface area contributed by atoms with Crippen molar-refractivity contribution in [3.05, 3.63) is 0 Å². The highest BCUT2D eigenvalue weighted by Crippen LogP contribution is 2.16. The lowest BCUT2D eigenvalue weighted by molar-refractivity contribution is -0.305. The van der Waals surface area contributed by atoms with E-state index in [9.17, 15) is 27.9 Å². The molecule has 0 aliphatic carbocycles. The van der Waals surface area contributed by atoms with Gasteiger partial charge in [0.05, 0.1) is 6.42 Å². The number of hydrogen-bond acceptors (Lipinski definition) is 3. The van der Waals surface area contributed by atoms with Gasteiger partial charge in [0.1, 0.15) is 0 Å². The molecule has 0 bridgehead atoms. The van der Waals surface area contributed by atoms with Gasteiger partial charge in [-0.05, 0) is 0 Å². The molecule has 0 aromatic rings. The van der Waals surface area contributed by atoms with Crippen LogP contribution < -0.4 is 5.11 Å². The highest BCUT2D eigenvalue weighted by molar-refractivity contribution is 5.97. The molecule has 0 aliphatic heterocycles. The summed E-state index contributed by atoms with van der Waals surface area (Å²) in [4.78, 5) is 19.2. The van der Waals surface area contributed by atoms with Gasteiger partial charge in [0, 0.05) is 5.97 Å². The standard InChI is InChI=1S/C4H3F3O3/c5-4(6,7)2(8)1-3(9)10/h1H2,(H,9,10)/p-1. The van der Waals surface area contributed by atoms with Crippen molar-refractivity contribution < 1.29 is 27.9 Å². The minimum absolute atomic E-state index is 1.61. The molecule has 0 radical (unpaired) electrons. The number of ketones is 1. The zero-order valence-electron chi connectivity index (χ0n) is 4.57. The first-order valence-electron chi connectivity index (χ1n) is 2.14. The SMILES string of the molecule is O=C([O-])CC(=O)C(F)(F)F. The van der Waals surface area contributed by atoms with E-state index in [-0.39, 0.29) is 0 Å². The first-order chi connectivity index (χ1) is 4.34. The fourth-order valence-electron chi connectivity index (χ4n) is 0.231. The van der Waals surface area contributed by atoms with Crippen LogP contribution in [0.4, 0.5) is 13.2 Å². The largest absolute Gasteiger partial charge is 0.550 e. The number of hydrogen-bond donors (Lipinski definition) is 0. The van der Waals surface area contributed by atoms with Crippen LogP contribution in [0.5, 0.6) is 0 Å². The Morgan fingerprint density at radius 2 is 1.70 bits per heavy atom. The molecular formula is C4H2F3O3-. The molecule has 0 rings (SSSR count). The van der Waals surface area contributed by atoms with Crippen LogP contribution in [0.2, 0.25) is 0 Å². The Morgan fingerprint density at radius 1 is 1.30 bits per heavy atom. The third kappa shape index (κ3) is 3.06. The summed E-state index contributed by atoms with van der Waals surface area (Å²) in [5.74, 6) is -4.32. The second kappa shape index (κ2) is 2.68. The van der Waals surface area contributed by atoms with E-state index in [1.807, 2.05) is 0 Å². The predicted octanol–water partition coefficient (Wildman–Crippen LogP) is -0.742. The zero-order valence-corrected chi connectivity index (χ0v) is 4.57. The summed E-state index contributed by atoms with van der Waals surface area (Å²) in [6, 6.07) is 0. The number of carboxylic acid groups (broad SMARTS) is 1. The number of carbonyl (C=O) groups excluding carboxylic acids is 2. The maximum Gasteiger partial charge on any atom is 0.450 e. The molecule has 6 heteroatoms. The predicted molar refractivity (Wildman–Crippen MR) is 20.7 cm³/mol. The molecule has 0 aromatic carbocycles. The number of alkyl halides is 3. The van der Waals surface area contributed by atoms with E-state index in [1.165, 1.54) is 0 Å². The van der Waals surface area contributed by atoms with Gasteiger partial charge in [-0.1, -0.05) is 0 Å². The summed E-state index contributed by atoms with van der Waals surface area (Å²) in [6.07, 6.45) is -6.68. The van der Waals surface area contributed by atoms with Crippen molar-refractivity contribution in [3.8, 4) is 0 Å². The van der Waals surface area contributed by atoms with Gasteiger partial charge in [-0.2, -0.15) is 13.2 Å². The molecule has 0 spiro atoms. The lowest BCUT2D eigenvalue weighted by Crippen LogP contribution is -2.32. The number of carbonyl (C=O) groups is 2. The minimum atomic E-state index is -5.07. The van der Waals surface area contributed by atoms with E-state index in [0.29, 0.717) is 0 Å². The molecule has 0 saturated carbocycles. The van der Waals surface area contributed by atoms with Gasteiger partial charge in [0.2, 0.25) is 5.78 Å². The molecule has 0 aromatic heterocycles. The van der Waals surface area contributed by atoms with Crippen molar-refractivity contribution in [1.29, 1.82) is 0 Å². The Hall–Kier alpha value is -1.07. The first-order valence-corrected chi connectivity index (χ1v) is 2.14. The Kier molecular flexibility index (Phi) is 2.39. The van der Waals surface area contributed by atoms with E-state index in [1.54, 1.807) is 0 Å². The quantitative estimate of drug-likeness (QED) is 0.493. The van der Waals surface area contributed by atoms with Crippen molar-refractivity contribution >= 4 is 11.8 Å². The van der Waals surface area contributed by atoms with Gasteiger partial charge in [0.25, 0.3) is 0 Å². The van der Waals surface area contributed by atoms with Gasteiger partial charge in [-0.15, -0.1) is 0 Å². The average molecular weight is 155 g/mol. The molecule has 0 amide bonds. The summed E-state index contributed by atoms with van der Waals surface area (Å²) in [7, 11) is 0. The van der Waals surface area contributed by atoms with Gasteiger partial charge < -0.3 is 9.90 Å². The van der Waals surface area contributed by atoms with Gasteiger partial charge in [-0.3, -0.25) is 4.79 Å². The Labute approximate surface area is 53.4 Å². The van der Waals surface area contributed by atoms with Crippen LogP contribution in [0.15, 0.2) is 0 Å². The van der Waals surface area contributed by atoms with E-state index in [2.05, 4.69) is 0 Å². The molecule has 0 fully saturated rings. The van der Waals surface area contributed by atoms with Crippen molar-refractivity contribution in [2.75, 3.05) is 0 Å². The van der Waals surface area contributed by atoms with Crippen molar-refractivity contribution in [1.82, 2.24) is 0 Å². The van der Waals surface area contributed by atoms with E-state index in [4.69, 9.17) is 0 Å². The summed E-state index contributed by atoms with van der Waals surface area (Å²) in [5, 5.41) is 9.42. The molecule has 0 saturated heterocycles. The number of halogens is 3. The molecule has 0 atom stereocenters. The van der Waals surface area contributed by atoms with Crippen molar-refractivity contribution in [2.45, 2.75) is 12.6 Å². The van der Waals surface area contributed by atoms with Crippen LogP contribution in [-0.2, 0) is 9.59 Å². The van der Waals surface area contributed by atoms with Crippen LogP contribution in [-0.4, -0.2) is 17.9 Å². The van der Waals surface area contributed by atoms with Crippen LogP contribution in [0.25, 0.3) is 0 Å². The van der Waals surface area contributed by atoms with Crippen LogP contribution in [0, 0.1) is 0 Å². The van der Waals surface area contributed by atoms with E-state index >= 15 is 0 Å². The smallest absolute Gasteiger partial charge is 0.450 e. The molecule has 0 unspecified atom stereocenters. The Balaban J connectivity index is 3.99. The number of aliphatic carboxylic acids is 1. The van der Waals surface area contributed by atoms with E-state index < -0.39 is 24.3 Å². The maximum atomic E-state index is 11.2. The summed E-state index contributed by atoms with van der Waals surface area (Å²) in [6.45, 7) is 0. The Morgan fingerprint density at radius 3 is 1.80 bits per heavy atom. The maximum absolute atomic E-state index is 11.2. The third-order valence-electron chi connectivity index (χ3n) is 0.621. The highest BCUT2D eigenvalue weighted by Gasteiger charge is 2.37. The fraction of sp³-hybridized carbons (Fsp3) is 0.500. The number of rotatable bonds is 2. The van der Waals surface area contributed by atoms with Crippen molar-refractivity contribution in [2.24, 2.45) is 0 Å². The second-order valence-corrected chi connectivity index (χ2v) is 1.47. The number of Topliss-reactive ketones (excluding diaryl/α,β-unsaturated/α-hetero) is 1.